The van der Waals surface area contributed by atoms with Crippen LogP contribution in [0.5, 0.6) is 0 Å². The van der Waals surface area contributed by atoms with Gasteiger partial charge in [-0.05, 0) is 31.6 Å². The van der Waals surface area contributed by atoms with Gasteiger partial charge < -0.3 is 4.90 Å². The van der Waals surface area contributed by atoms with Gasteiger partial charge in [-0.25, -0.2) is 0 Å². The van der Waals surface area contributed by atoms with Crippen LogP contribution in [0.4, 0.5) is 0 Å². The van der Waals surface area contributed by atoms with Gasteiger partial charge in [0.1, 0.15) is 5.41 Å². The van der Waals surface area contributed by atoms with Gasteiger partial charge in [0, 0.05) is 13.1 Å². The van der Waals surface area contributed by atoms with Gasteiger partial charge in [-0.3, -0.25) is 4.79 Å². The predicted molar refractivity (Wildman–Crippen MR) is 72.8 cm³/mol. The molecule has 0 aliphatic heterocycles. The Kier molecular flexibility index (Phi) is 5.19. The highest BCUT2D eigenvalue weighted by Crippen LogP contribution is 2.32. The summed E-state index contributed by atoms with van der Waals surface area (Å²) in [4.78, 5) is 14.4. The van der Waals surface area contributed by atoms with E-state index in [-0.39, 0.29) is 5.91 Å². The number of carbonyl (C=O) groups excluding carboxylic acids is 1. The van der Waals surface area contributed by atoms with Crippen molar-refractivity contribution in [1.29, 1.82) is 5.26 Å². The number of amides is 1. The average Bonchev–Trinajstić information content (AvgIpc) is 2.40. The zero-order valence-electron chi connectivity index (χ0n) is 12.2. The van der Waals surface area contributed by atoms with E-state index in [2.05, 4.69) is 13.0 Å². The summed E-state index contributed by atoms with van der Waals surface area (Å²) in [6, 6.07) is 2.58. The molecular formula is C15H26N2O. The van der Waals surface area contributed by atoms with Crippen molar-refractivity contribution >= 4 is 5.91 Å². The van der Waals surface area contributed by atoms with Crippen LogP contribution < -0.4 is 0 Å². The Morgan fingerprint density at radius 1 is 1.39 bits per heavy atom. The van der Waals surface area contributed by atoms with Gasteiger partial charge in [0.2, 0.25) is 5.91 Å². The van der Waals surface area contributed by atoms with Gasteiger partial charge in [0.05, 0.1) is 6.07 Å². The van der Waals surface area contributed by atoms with E-state index in [1.54, 1.807) is 0 Å². The van der Waals surface area contributed by atoms with Crippen molar-refractivity contribution in [2.75, 3.05) is 7.05 Å². The number of carbonyl (C=O) groups is 1. The molecule has 1 rings (SSSR count). The van der Waals surface area contributed by atoms with Crippen LogP contribution in [-0.2, 0) is 4.79 Å². The molecule has 1 saturated carbocycles. The van der Waals surface area contributed by atoms with Gasteiger partial charge in [-0.2, -0.15) is 5.26 Å². The predicted octanol–water partition coefficient (Wildman–Crippen LogP) is 3.35. The standard InChI is InChI=1S/C15H26N2O/c1-5-15(6-2,11-16)14(18)17(4)13-9-7-8-12(3)10-13/h12-13H,5-10H2,1-4H3. The lowest BCUT2D eigenvalue weighted by Crippen LogP contribution is -2.47. The molecule has 1 amide bonds. The Balaban J connectivity index is 2.79. The number of hydrogen-bond donors (Lipinski definition) is 0. The SMILES string of the molecule is CCC(C#N)(CC)C(=O)N(C)C1CCCC(C)C1. The van der Waals surface area contributed by atoms with E-state index in [0.717, 1.165) is 12.8 Å². The van der Waals surface area contributed by atoms with Crippen molar-refractivity contribution in [1.82, 2.24) is 4.90 Å². The van der Waals surface area contributed by atoms with Gasteiger partial charge in [-0.15, -0.1) is 0 Å². The monoisotopic (exact) mass is 250 g/mol. The molecule has 0 spiro atoms. The fraction of sp³-hybridized carbons (Fsp3) is 0.867. The first-order valence-corrected chi connectivity index (χ1v) is 7.19. The molecule has 1 aliphatic carbocycles. The minimum Gasteiger partial charge on any atom is -0.341 e. The molecule has 0 aromatic carbocycles. The van der Waals surface area contributed by atoms with Crippen LogP contribution in [0.25, 0.3) is 0 Å². The molecule has 2 unspecified atom stereocenters. The van der Waals surface area contributed by atoms with Gasteiger partial charge in [-0.1, -0.05) is 33.6 Å². The summed E-state index contributed by atoms with van der Waals surface area (Å²) in [6.45, 7) is 6.12. The third kappa shape index (κ3) is 2.85. The molecule has 3 nitrogen and oxygen atoms in total. The molecular weight excluding hydrogens is 224 g/mol. The van der Waals surface area contributed by atoms with Gasteiger partial charge in [0.25, 0.3) is 0 Å². The van der Waals surface area contributed by atoms with E-state index in [1.165, 1.54) is 12.8 Å². The molecule has 0 heterocycles. The Labute approximate surface area is 111 Å². The van der Waals surface area contributed by atoms with E-state index >= 15 is 0 Å². The molecule has 1 fully saturated rings. The zero-order chi connectivity index (χ0) is 13.8. The molecule has 0 aromatic rings. The van der Waals surface area contributed by atoms with Crippen molar-refractivity contribution in [3.05, 3.63) is 0 Å². The van der Waals surface area contributed by atoms with Crippen LogP contribution in [0.3, 0.4) is 0 Å². The van der Waals surface area contributed by atoms with Crippen molar-refractivity contribution < 1.29 is 4.79 Å². The van der Waals surface area contributed by atoms with E-state index in [9.17, 15) is 10.1 Å². The average molecular weight is 250 g/mol. The lowest BCUT2D eigenvalue weighted by atomic mass is 9.80. The second-order valence-corrected chi connectivity index (χ2v) is 5.74. The largest absolute Gasteiger partial charge is 0.341 e. The maximum atomic E-state index is 12.6. The second kappa shape index (κ2) is 6.22. The molecule has 102 valence electrons. The third-order valence-electron chi connectivity index (χ3n) is 4.61. The van der Waals surface area contributed by atoms with Crippen molar-refractivity contribution in [3.63, 3.8) is 0 Å². The van der Waals surface area contributed by atoms with E-state index in [4.69, 9.17) is 0 Å². The van der Waals surface area contributed by atoms with Crippen molar-refractivity contribution in [2.24, 2.45) is 11.3 Å². The fourth-order valence-electron chi connectivity index (χ4n) is 3.02. The topological polar surface area (TPSA) is 44.1 Å². The highest BCUT2D eigenvalue weighted by Gasteiger charge is 2.39. The summed E-state index contributed by atoms with van der Waals surface area (Å²) < 4.78 is 0. The normalized spacial score (nSPS) is 24.4. The molecule has 0 N–H and O–H groups in total. The van der Waals surface area contributed by atoms with E-state index in [0.29, 0.717) is 24.8 Å². The van der Waals surface area contributed by atoms with Crippen LogP contribution in [0.1, 0.15) is 59.3 Å². The Bertz CT molecular complexity index is 328. The first-order valence-electron chi connectivity index (χ1n) is 7.19. The highest BCUT2D eigenvalue weighted by molar-refractivity contribution is 5.85. The molecule has 0 bridgehead atoms. The summed E-state index contributed by atoms with van der Waals surface area (Å²) >= 11 is 0. The van der Waals surface area contributed by atoms with Crippen LogP contribution in [0.2, 0.25) is 0 Å². The minimum atomic E-state index is -0.810. The molecule has 0 aromatic heterocycles. The summed E-state index contributed by atoms with van der Waals surface area (Å²) in [5, 5.41) is 9.35. The summed E-state index contributed by atoms with van der Waals surface area (Å²) in [5.41, 5.74) is -0.810. The van der Waals surface area contributed by atoms with Gasteiger partial charge in [0.15, 0.2) is 0 Å². The maximum Gasteiger partial charge on any atom is 0.243 e. The molecule has 0 saturated heterocycles. The first-order chi connectivity index (χ1) is 8.50. The number of rotatable bonds is 4. The maximum absolute atomic E-state index is 12.6. The van der Waals surface area contributed by atoms with Gasteiger partial charge >= 0.3 is 0 Å². The summed E-state index contributed by atoms with van der Waals surface area (Å²) in [6.07, 6.45) is 5.83. The third-order valence-corrected chi connectivity index (χ3v) is 4.61. The van der Waals surface area contributed by atoms with Crippen LogP contribution in [0, 0.1) is 22.7 Å². The smallest absolute Gasteiger partial charge is 0.243 e. The molecule has 18 heavy (non-hydrogen) atoms. The van der Waals surface area contributed by atoms with Crippen LogP contribution in [0.15, 0.2) is 0 Å². The quantitative estimate of drug-likeness (QED) is 0.768. The first kappa shape index (κ1) is 15.0. The Morgan fingerprint density at radius 3 is 2.44 bits per heavy atom. The zero-order valence-corrected chi connectivity index (χ0v) is 12.2. The molecule has 3 heteroatoms. The van der Waals surface area contributed by atoms with Crippen LogP contribution in [-0.4, -0.2) is 23.9 Å². The number of hydrogen-bond acceptors (Lipinski definition) is 2. The van der Waals surface area contributed by atoms with Crippen molar-refractivity contribution in [3.8, 4) is 6.07 Å². The molecule has 1 aliphatic rings. The fourth-order valence-corrected chi connectivity index (χ4v) is 3.02. The van der Waals surface area contributed by atoms with E-state index < -0.39 is 5.41 Å². The Hall–Kier alpha value is -1.04. The highest BCUT2D eigenvalue weighted by atomic mass is 16.2. The lowest BCUT2D eigenvalue weighted by Gasteiger charge is -2.37. The van der Waals surface area contributed by atoms with Crippen molar-refractivity contribution in [2.45, 2.75) is 65.3 Å². The van der Waals surface area contributed by atoms with Crippen LogP contribution >= 0.6 is 0 Å². The minimum absolute atomic E-state index is 0.0223. The van der Waals surface area contributed by atoms with E-state index in [1.807, 2.05) is 25.8 Å². The second-order valence-electron chi connectivity index (χ2n) is 5.74. The number of nitrogens with zero attached hydrogens (tertiary/aromatic N) is 2. The molecule has 2 atom stereocenters. The molecule has 0 radical (unpaired) electrons. The Morgan fingerprint density at radius 2 is 2.00 bits per heavy atom. The summed E-state index contributed by atoms with van der Waals surface area (Å²) in [5.74, 6) is 0.716. The number of nitriles is 1. The summed E-state index contributed by atoms with van der Waals surface area (Å²) in [7, 11) is 1.88. The lowest BCUT2D eigenvalue weighted by molar-refractivity contribution is -0.141.